The van der Waals surface area contributed by atoms with Crippen LogP contribution in [0.3, 0.4) is 0 Å². The van der Waals surface area contributed by atoms with Crippen molar-refractivity contribution in [1.29, 1.82) is 0 Å². The number of carbonyl (C=O) groups is 2. The molecule has 7 rings (SSSR count). The number of aliphatic hydroxyl groups excluding tert-OH is 1. The number of nitrogens with zero attached hydrogens (tertiary/aromatic N) is 8. The Morgan fingerprint density at radius 3 is 2.28 bits per heavy atom. The molecule has 4 heterocycles. The predicted molar refractivity (Wildman–Crippen MR) is 229 cm³/mol. The van der Waals surface area contributed by atoms with E-state index in [-0.39, 0.29) is 49.9 Å². The van der Waals surface area contributed by atoms with Gasteiger partial charge in [0, 0.05) is 73.7 Å². The molecule has 342 valence electrons. The summed E-state index contributed by atoms with van der Waals surface area (Å²) in [6.45, 7) is 9.01. The molecule has 2 fully saturated rings. The molecule has 2 saturated heterocycles. The minimum absolute atomic E-state index is 0.00821. The largest absolute Gasteiger partial charge is 0.493 e. The second-order valence-electron chi connectivity index (χ2n) is 16.3. The van der Waals surface area contributed by atoms with Gasteiger partial charge < -0.3 is 45.3 Å². The Hall–Kier alpha value is -6.38. The fourth-order valence-electron chi connectivity index (χ4n) is 8.25. The average Bonchev–Trinajstić information content (AvgIpc) is 4.02. The molecule has 64 heavy (non-hydrogen) atoms. The van der Waals surface area contributed by atoms with Gasteiger partial charge in [-0.2, -0.15) is 9.67 Å². The second-order valence-corrected chi connectivity index (χ2v) is 16.3. The quantitative estimate of drug-likeness (QED) is 0.0931. The predicted octanol–water partition coefficient (Wildman–Crippen LogP) is 3.51. The monoisotopic (exact) mass is 889 g/mol. The van der Waals surface area contributed by atoms with E-state index in [9.17, 15) is 23.9 Å². The number of piperazine rings is 1. The van der Waals surface area contributed by atoms with Gasteiger partial charge >= 0.3 is 17.8 Å². The molecule has 2 aliphatic rings. The van der Waals surface area contributed by atoms with Crippen molar-refractivity contribution in [3.63, 3.8) is 0 Å². The van der Waals surface area contributed by atoms with Gasteiger partial charge in [0.15, 0.2) is 0 Å². The summed E-state index contributed by atoms with van der Waals surface area (Å²) in [6.07, 6.45) is 3.20. The van der Waals surface area contributed by atoms with Crippen molar-refractivity contribution in [3.8, 4) is 11.4 Å². The van der Waals surface area contributed by atoms with E-state index < -0.39 is 53.7 Å². The van der Waals surface area contributed by atoms with E-state index >= 15 is 4.39 Å². The summed E-state index contributed by atoms with van der Waals surface area (Å²) in [6, 6.07) is 17.6. The van der Waals surface area contributed by atoms with Crippen LogP contribution in [0.4, 0.5) is 25.0 Å². The van der Waals surface area contributed by atoms with Crippen molar-refractivity contribution in [2.24, 2.45) is 11.7 Å². The first-order valence-corrected chi connectivity index (χ1v) is 21.4. The first-order chi connectivity index (χ1) is 30.7. The molecule has 2 aromatic heterocycles. The molecule has 3 aromatic carbocycles. The van der Waals surface area contributed by atoms with Crippen molar-refractivity contribution >= 4 is 23.4 Å². The van der Waals surface area contributed by atoms with E-state index in [2.05, 4.69) is 25.3 Å². The fraction of sp³-hybridized carbons (Fsp3) is 0.455. The maximum atomic E-state index is 15.4. The molecule has 5 aromatic rings. The number of aliphatic hydroxyl groups is 1. The third-order valence-corrected chi connectivity index (χ3v) is 11.8. The Bertz CT molecular complexity index is 2420. The average molecular weight is 890 g/mol. The van der Waals surface area contributed by atoms with Gasteiger partial charge in [0.05, 0.1) is 31.0 Å². The Labute approximate surface area is 368 Å². The fourth-order valence-corrected chi connectivity index (χ4v) is 8.25. The van der Waals surface area contributed by atoms with Gasteiger partial charge in [-0.1, -0.05) is 13.0 Å². The number of anilines is 2. The minimum atomic E-state index is -1.21. The molecule has 0 radical (unpaired) electrons. The number of amides is 1. The van der Waals surface area contributed by atoms with E-state index in [0.717, 1.165) is 43.6 Å². The van der Waals surface area contributed by atoms with Crippen molar-refractivity contribution in [2.75, 3.05) is 55.7 Å². The molecule has 6 atom stereocenters. The molecule has 20 heteroatoms. The first-order valence-electron chi connectivity index (χ1n) is 21.4. The number of hydrogen-bond donors (Lipinski definition) is 4. The third kappa shape index (κ3) is 10.5. The van der Waals surface area contributed by atoms with Crippen LogP contribution in [0.15, 0.2) is 90.5 Å². The molecule has 1 amide bonds. The molecule has 0 aliphatic carbocycles. The highest BCUT2D eigenvalue weighted by molar-refractivity contribution is 5.73. The van der Waals surface area contributed by atoms with E-state index in [4.69, 9.17) is 25.1 Å². The van der Waals surface area contributed by atoms with Crippen LogP contribution >= 0.6 is 0 Å². The van der Waals surface area contributed by atoms with Crippen LogP contribution in [-0.2, 0) is 26.4 Å². The number of nitrogens with two attached hydrogens (primary N) is 1. The van der Waals surface area contributed by atoms with Crippen LogP contribution in [-0.4, -0.2) is 104 Å². The van der Waals surface area contributed by atoms with Crippen LogP contribution in [0, 0.1) is 17.6 Å². The zero-order valence-electron chi connectivity index (χ0n) is 36.0. The van der Waals surface area contributed by atoms with Crippen LogP contribution in [0.2, 0.25) is 0 Å². The van der Waals surface area contributed by atoms with Crippen LogP contribution in [0.5, 0.6) is 5.75 Å². The molecule has 0 spiro atoms. The Morgan fingerprint density at radius 2 is 1.66 bits per heavy atom. The number of carboxylic acids is 1. The van der Waals surface area contributed by atoms with Crippen LogP contribution in [0.1, 0.15) is 57.9 Å². The lowest BCUT2D eigenvalue weighted by atomic mass is 9.87. The van der Waals surface area contributed by atoms with E-state index in [0.29, 0.717) is 24.3 Å². The summed E-state index contributed by atoms with van der Waals surface area (Å²) in [5.74, 6) is -2.10. The van der Waals surface area contributed by atoms with Gasteiger partial charge in [-0.05, 0) is 80.8 Å². The lowest BCUT2D eigenvalue weighted by molar-refractivity contribution is -0.753. The standard InChI is InChI=1S/C44H54F2N10O8/c1-4-40(29(2)57)56-43(61)55(27-50-56)35-8-6-33(7-9-35)51-17-19-52(20-18-51)34-10-12-36(13-11-34)62-23-31-22-44(63-24-31,37-14-5-32(45)21-38(37)46)25-54-28-53(26-49-54)30(3)64-42(60)48-16-15-39(47)41(58)59/h5-14,21,26-31,39-40,57H,4,15-20,22-25,47H2,1-3H3,(H-,48,58,59,60)/p+1/t29-,30?,31+,39-,40-,44-/m0/s1. The van der Waals surface area contributed by atoms with Crippen molar-refractivity contribution in [3.05, 3.63) is 113 Å². The van der Waals surface area contributed by atoms with E-state index in [1.807, 2.05) is 55.5 Å². The zero-order valence-corrected chi connectivity index (χ0v) is 36.0. The molecule has 0 saturated carbocycles. The highest BCUT2D eigenvalue weighted by Crippen LogP contribution is 2.42. The summed E-state index contributed by atoms with van der Waals surface area (Å²) in [5, 5.41) is 30.1. The number of nitrogens with one attached hydrogen (secondary N) is 1. The third-order valence-electron chi connectivity index (χ3n) is 11.8. The number of aliphatic carboxylic acids is 1. The van der Waals surface area contributed by atoms with Crippen molar-refractivity contribution < 1.29 is 47.4 Å². The number of alkyl carbamates (subject to hydrolysis) is 1. The number of hydrogen-bond acceptors (Lipinski definition) is 12. The molecule has 5 N–H and O–H groups in total. The molecule has 18 nitrogen and oxygen atoms in total. The molecular weight excluding hydrogens is 835 g/mol. The van der Waals surface area contributed by atoms with E-state index in [1.54, 1.807) is 20.2 Å². The topological polar surface area (TPSA) is 208 Å². The normalized spacial score (nSPS) is 19.5. The highest BCUT2D eigenvalue weighted by atomic mass is 19.1. The van der Waals surface area contributed by atoms with Gasteiger partial charge in [-0.15, -0.1) is 4.68 Å². The molecule has 1 unspecified atom stereocenters. The highest BCUT2D eigenvalue weighted by Gasteiger charge is 2.46. The van der Waals surface area contributed by atoms with Crippen molar-refractivity contribution in [1.82, 2.24) is 29.4 Å². The van der Waals surface area contributed by atoms with Gasteiger partial charge in [0.1, 0.15) is 41.9 Å². The van der Waals surface area contributed by atoms with Crippen molar-refractivity contribution in [2.45, 2.75) is 76.6 Å². The molecule has 2 aliphatic heterocycles. The lowest BCUT2D eigenvalue weighted by Gasteiger charge is -2.37. The number of halogens is 2. The minimum Gasteiger partial charge on any atom is -0.493 e. The lowest BCUT2D eigenvalue weighted by Crippen LogP contribution is -2.46. The SMILES string of the molecule is CC[C@@H]([C@H](C)O)n1ncn(-c2ccc(N3CCN(c4ccc(OC[C@@H]5CO[C@@](Cn6c[n+](C(C)OC(=O)NCC[C@H](N)C(=O)O)cn6)(c6ccc(F)cc6F)C5)cc4)CC3)cc2)c1=O. The number of carbonyl (C=O) groups excluding carboxylic acids is 1. The number of carboxylic acid groups (broad SMARTS) is 1. The zero-order chi connectivity index (χ0) is 45.5. The summed E-state index contributed by atoms with van der Waals surface area (Å²) < 4.78 is 53.3. The van der Waals surface area contributed by atoms with Crippen LogP contribution < -0.4 is 35.8 Å². The second kappa shape index (κ2) is 20.0. The number of rotatable bonds is 18. The summed E-state index contributed by atoms with van der Waals surface area (Å²) in [7, 11) is 0. The maximum absolute atomic E-state index is 15.4. The summed E-state index contributed by atoms with van der Waals surface area (Å²) in [5.41, 5.74) is 6.98. The summed E-state index contributed by atoms with van der Waals surface area (Å²) in [4.78, 5) is 40.9. The van der Waals surface area contributed by atoms with E-state index in [1.165, 1.54) is 43.3 Å². The summed E-state index contributed by atoms with van der Waals surface area (Å²) >= 11 is 0. The molecule has 0 bridgehead atoms. The Balaban J connectivity index is 0.916. The van der Waals surface area contributed by atoms with Gasteiger partial charge in [0.25, 0.3) is 6.33 Å². The Morgan fingerprint density at radius 1 is 1.00 bits per heavy atom. The number of ether oxygens (including phenoxy) is 3. The van der Waals surface area contributed by atoms with Gasteiger partial charge in [-0.25, -0.2) is 27.6 Å². The van der Waals surface area contributed by atoms with Gasteiger partial charge in [0.2, 0.25) is 12.6 Å². The maximum Gasteiger partial charge on any atom is 0.410 e. The first kappa shape index (κ1) is 45.6. The van der Waals surface area contributed by atoms with Crippen LogP contribution in [0.25, 0.3) is 5.69 Å². The smallest absolute Gasteiger partial charge is 0.410 e. The molecular formula is C44H55F2N10O8+. The Kier molecular flexibility index (Phi) is 14.3. The van der Waals surface area contributed by atoms with Gasteiger partial charge in [-0.3, -0.25) is 4.79 Å². The number of benzene rings is 3. The number of aromatic nitrogens is 6.